The summed E-state index contributed by atoms with van der Waals surface area (Å²) in [4.78, 5) is 2.43. The maximum Gasteiger partial charge on any atom is 0.247 e. The van der Waals surface area contributed by atoms with Crippen LogP contribution < -0.4 is 4.74 Å². The lowest BCUT2D eigenvalue weighted by Gasteiger charge is -2.16. The summed E-state index contributed by atoms with van der Waals surface area (Å²) in [7, 11) is 1.75. The average molecular weight is 408 g/mol. The molecule has 30 heavy (non-hydrogen) atoms. The fourth-order valence-corrected chi connectivity index (χ4v) is 4.04. The van der Waals surface area contributed by atoms with Crippen molar-refractivity contribution in [1.29, 1.82) is 0 Å². The smallest absolute Gasteiger partial charge is 0.247 e. The van der Waals surface area contributed by atoms with E-state index >= 15 is 0 Å². The number of rotatable bonds is 8. The summed E-state index contributed by atoms with van der Waals surface area (Å²) in [5.41, 5.74) is 2.21. The molecule has 1 aliphatic rings. The highest BCUT2D eigenvalue weighted by atomic mass is 16.5. The molecule has 0 saturated carbocycles. The van der Waals surface area contributed by atoms with Gasteiger partial charge in [-0.3, -0.25) is 4.90 Å². The average Bonchev–Trinajstić information content (AvgIpc) is 3.37. The minimum absolute atomic E-state index is 0.165. The number of nitrogens with zero attached hydrogens (tertiary/aromatic N) is 3. The third-order valence-corrected chi connectivity index (χ3v) is 5.38. The summed E-state index contributed by atoms with van der Waals surface area (Å²) in [6, 6.07) is 18.2. The van der Waals surface area contributed by atoms with Crippen molar-refractivity contribution < 1.29 is 13.9 Å². The number of methoxy groups -OCH3 is 1. The van der Waals surface area contributed by atoms with Gasteiger partial charge in [0.1, 0.15) is 5.75 Å². The minimum atomic E-state index is 0.165. The van der Waals surface area contributed by atoms with Crippen molar-refractivity contribution >= 4 is 0 Å². The zero-order valence-electron chi connectivity index (χ0n) is 17.8. The van der Waals surface area contributed by atoms with E-state index in [0.29, 0.717) is 24.3 Å². The van der Waals surface area contributed by atoms with Crippen LogP contribution in [0.2, 0.25) is 0 Å². The molecule has 1 aliphatic heterocycles. The van der Waals surface area contributed by atoms with Crippen LogP contribution in [-0.4, -0.2) is 48.0 Å². The molecule has 6 nitrogen and oxygen atoms in total. The van der Waals surface area contributed by atoms with Gasteiger partial charge >= 0.3 is 0 Å². The Morgan fingerprint density at radius 1 is 1.03 bits per heavy atom. The Balaban J connectivity index is 1.45. The van der Waals surface area contributed by atoms with E-state index in [2.05, 4.69) is 27.2 Å². The van der Waals surface area contributed by atoms with Gasteiger partial charge in [-0.2, -0.15) is 0 Å². The van der Waals surface area contributed by atoms with E-state index in [4.69, 9.17) is 13.9 Å². The summed E-state index contributed by atoms with van der Waals surface area (Å²) in [5, 5.41) is 8.65. The van der Waals surface area contributed by atoms with Gasteiger partial charge in [0.25, 0.3) is 0 Å². The highest BCUT2D eigenvalue weighted by molar-refractivity contribution is 5.51. The maximum absolute atomic E-state index is 6.06. The molecular weight excluding hydrogens is 378 g/mol. The van der Waals surface area contributed by atoms with Crippen LogP contribution in [0.5, 0.6) is 5.75 Å². The third kappa shape index (κ3) is 4.89. The summed E-state index contributed by atoms with van der Waals surface area (Å²) in [6.45, 7) is 7.42. The Bertz CT molecular complexity index is 924. The van der Waals surface area contributed by atoms with E-state index in [1.807, 2.05) is 56.3 Å². The van der Waals surface area contributed by atoms with Gasteiger partial charge in [0, 0.05) is 38.2 Å². The van der Waals surface area contributed by atoms with Crippen LogP contribution in [0.1, 0.15) is 31.2 Å². The Hall–Kier alpha value is -2.70. The number of hydrogen-bond acceptors (Lipinski definition) is 6. The van der Waals surface area contributed by atoms with E-state index in [1.165, 1.54) is 5.56 Å². The van der Waals surface area contributed by atoms with Crippen molar-refractivity contribution in [2.45, 2.75) is 32.4 Å². The Morgan fingerprint density at radius 3 is 2.50 bits per heavy atom. The lowest BCUT2D eigenvalue weighted by Crippen LogP contribution is -2.21. The normalized spacial score (nSPS) is 19.5. The van der Waals surface area contributed by atoms with E-state index in [-0.39, 0.29) is 12.0 Å². The Morgan fingerprint density at radius 2 is 1.80 bits per heavy atom. The quantitative estimate of drug-likeness (QED) is 0.552. The molecule has 1 saturated heterocycles. The van der Waals surface area contributed by atoms with E-state index in [9.17, 15) is 0 Å². The molecule has 1 aromatic heterocycles. The molecule has 0 spiro atoms. The predicted molar refractivity (Wildman–Crippen MR) is 115 cm³/mol. The largest absolute Gasteiger partial charge is 0.491 e. The van der Waals surface area contributed by atoms with Crippen molar-refractivity contribution in [3.8, 4) is 17.2 Å². The van der Waals surface area contributed by atoms with Gasteiger partial charge in [-0.1, -0.05) is 30.3 Å². The first-order valence-corrected chi connectivity index (χ1v) is 10.5. The molecule has 4 rings (SSSR count). The monoisotopic (exact) mass is 407 g/mol. The van der Waals surface area contributed by atoms with E-state index < -0.39 is 0 Å². The van der Waals surface area contributed by atoms with Crippen molar-refractivity contribution in [3.63, 3.8) is 0 Å². The van der Waals surface area contributed by atoms with Crippen LogP contribution in [0.25, 0.3) is 11.5 Å². The molecule has 0 bridgehead atoms. The number of aromatic nitrogens is 2. The van der Waals surface area contributed by atoms with Gasteiger partial charge in [-0.05, 0) is 43.7 Å². The molecule has 158 valence electrons. The summed E-state index contributed by atoms with van der Waals surface area (Å²) >= 11 is 0. The van der Waals surface area contributed by atoms with Crippen LogP contribution in [0, 0.1) is 5.92 Å². The molecular formula is C24H29N3O3. The Labute approximate surface area is 177 Å². The molecule has 0 N–H and O–H groups in total. The van der Waals surface area contributed by atoms with Gasteiger partial charge in [0.05, 0.1) is 18.6 Å². The highest BCUT2D eigenvalue weighted by Gasteiger charge is 2.37. The molecule has 0 radical (unpaired) electrons. The van der Waals surface area contributed by atoms with Crippen LogP contribution in [0.3, 0.4) is 0 Å². The first-order chi connectivity index (χ1) is 14.6. The predicted octanol–water partition coefficient (Wildman–Crippen LogP) is 4.39. The highest BCUT2D eigenvalue weighted by Crippen LogP contribution is 2.34. The van der Waals surface area contributed by atoms with Crippen LogP contribution >= 0.6 is 0 Å². The Kier molecular flexibility index (Phi) is 6.45. The van der Waals surface area contributed by atoms with E-state index in [1.54, 1.807) is 7.11 Å². The molecule has 2 atom stereocenters. The molecule has 6 heteroatoms. The fourth-order valence-electron chi connectivity index (χ4n) is 4.04. The molecule has 3 aromatic rings. The van der Waals surface area contributed by atoms with Gasteiger partial charge in [0.2, 0.25) is 11.8 Å². The molecule has 1 fully saturated rings. The third-order valence-electron chi connectivity index (χ3n) is 5.38. The maximum atomic E-state index is 6.06. The molecule has 0 aliphatic carbocycles. The molecule has 2 aromatic carbocycles. The second kappa shape index (κ2) is 9.41. The van der Waals surface area contributed by atoms with Crippen LogP contribution in [0.15, 0.2) is 59.0 Å². The lowest BCUT2D eigenvalue weighted by molar-refractivity contribution is 0.144. The van der Waals surface area contributed by atoms with Gasteiger partial charge < -0.3 is 13.9 Å². The standard InChI is InChI=1S/C24H29N3O3/c1-17(2)29-21-11-9-18(10-12-21)13-27-14-20(16-28-3)22(15-27)24-26-25-23(30-24)19-7-5-4-6-8-19/h4-12,17,20,22H,13-16H2,1-3H3. The summed E-state index contributed by atoms with van der Waals surface area (Å²) in [6.07, 6.45) is 0.181. The fraction of sp³-hybridized carbons (Fsp3) is 0.417. The summed E-state index contributed by atoms with van der Waals surface area (Å²) in [5.74, 6) is 2.66. The van der Waals surface area contributed by atoms with E-state index in [0.717, 1.165) is 30.9 Å². The molecule has 0 amide bonds. The molecule has 2 unspecified atom stereocenters. The van der Waals surface area contributed by atoms with Crippen LogP contribution in [-0.2, 0) is 11.3 Å². The minimum Gasteiger partial charge on any atom is -0.491 e. The van der Waals surface area contributed by atoms with Gasteiger partial charge in [0.15, 0.2) is 0 Å². The number of benzene rings is 2. The topological polar surface area (TPSA) is 60.6 Å². The first kappa shape index (κ1) is 20.6. The second-order valence-corrected chi connectivity index (χ2v) is 8.14. The number of likely N-dealkylation sites (tertiary alicyclic amines) is 1. The van der Waals surface area contributed by atoms with Crippen molar-refractivity contribution in [3.05, 3.63) is 66.1 Å². The zero-order chi connectivity index (χ0) is 20.9. The first-order valence-electron chi connectivity index (χ1n) is 10.5. The second-order valence-electron chi connectivity index (χ2n) is 8.14. The molecule has 2 heterocycles. The van der Waals surface area contributed by atoms with Crippen molar-refractivity contribution in [2.24, 2.45) is 5.92 Å². The van der Waals surface area contributed by atoms with Crippen molar-refractivity contribution in [1.82, 2.24) is 15.1 Å². The SMILES string of the molecule is COCC1CN(Cc2ccc(OC(C)C)cc2)CC1c1nnc(-c2ccccc2)o1. The summed E-state index contributed by atoms with van der Waals surface area (Å²) < 4.78 is 17.3. The lowest BCUT2D eigenvalue weighted by atomic mass is 9.97. The van der Waals surface area contributed by atoms with Gasteiger partial charge in [-0.25, -0.2) is 0 Å². The zero-order valence-corrected chi connectivity index (χ0v) is 17.8. The van der Waals surface area contributed by atoms with Gasteiger partial charge in [-0.15, -0.1) is 10.2 Å². The van der Waals surface area contributed by atoms with Crippen molar-refractivity contribution in [2.75, 3.05) is 26.8 Å². The number of hydrogen-bond donors (Lipinski definition) is 0. The number of ether oxygens (including phenoxy) is 2. The van der Waals surface area contributed by atoms with Crippen LogP contribution in [0.4, 0.5) is 0 Å².